The minimum Gasteiger partial charge on any atom is -0.398 e. The number of hydrogen-bond donors (Lipinski definition) is 1. The van der Waals surface area contributed by atoms with Crippen LogP contribution in [0.2, 0.25) is 5.02 Å². The molecule has 0 aliphatic heterocycles. The van der Waals surface area contributed by atoms with E-state index in [2.05, 4.69) is 10.1 Å². The Morgan fingerprint density at radius 1 is 1.15 bits per heavy atom. The molecule has 0 aliphatic rings. The van der Waals surface area contributed by atoms with Gasteiger partial charge < -0.3 is 10.3 Å². The molecule has 3 rings (SSSR count). The molecule has 0 radical (unpaired) electrons. The molecule has 0 aliphatic carbocycles. The lowest BCUT2D eigenvalue weighted by molar-refractivity contribution is 0.432. The molecule has 20 heavy (non-hydrogen) atoms. The van der Waals surface area contributed by atoms with Gasteiger partial charge in [0.15, 0.2) is 0 Å². The van der Waals surface area contributed by atoms with Crippen molar-refractivity contribution in [1.29, 1.82) is 0 Å². The van der Waals surface area contributed by atoms with Crippen molar-refractivity contribution in [3.63, 3.8) is 0 Å². The van der Waals surface area contributed by atoms with Crippen LogP contribution in [0.4, 0.5) is 10.1 Å². The maximum Gasteiger partial charge on any atom is 0.260 e. The van der Waals surface area contributed by atoms with Gasteiger partial charge in [-0.1, -0.05) is 28.9 Å². The number of rotatable bonds is 2. The SMILES string of the molecule is Nc1ccc(Cl)cc1-c1nc(-c2cccc(F)c2)no1. The normalized spacial score (nSPS) is 10.7. The highest BCUT2D eigenvalue weighted by Crippen LogP contribution is 2.29. The molecule has 0 atom stereocenters. The fourth-order valence-corrected chi connectivity index (χ4v) is 1.96. The maximum atomic E-state index is 13.2. The summed E-state index contributed by atoms with van der Waals surface area (Å²) in [7, 11) is 0. The van der Waals surface area contributed by atoms with Crippen LogP contribution in [0.1, 0.15) is 0 Å². The average Bonchev–Trinajstić information content (AvgIpc) is 2.91. The molecule has 0 bridgehead atoms. The van der Waals surface area contributed by atoms with Crippen molar-refractivity contribution in [2.45, 2.75) is 0 Å². The topological polar surface area (TPSA) is 64.9 Å². The van der Waals surface area contributed by atoms with E-state index in [9.17, 15) is 4.39 Å². The van der Waals surface area contributed by atoms with Gasteiger partial charge in [-0.3, -0.25) is 0 Å². The van der Waals surface area contributed by atoms with Crippen LogP contribution in [0.15, 0.2) is 47.0 Å². The minimum absolute atomic E-state index is 0.240. The Kier molecular flexibility index (Phi) is 3.12. The van der Waals surface area contributed by atoms with Crippen LogP contribution < -0.4 is 5.73 Å². The van der Waals surface area contributed by atoms with Gasteiger partial charge in [0, 0.05) is 16.3 Å². The Bertz CT molecular complexity index is 773. The average molecular weight is 290 g/mol. The van der Waals surface area contributed by atoms with E-state index in [0.717, 1.165) is 0 Å². The molecule has 2 aromatic carbocycles. The Morgan fingerprint density at radius 3 is 2.80 bits per heavy atom. The third-order valence-corrected chi connectivity index (χ3v) is 2.99. The summed E-state index contributed by atoms with van der Waals surface area (Å²) in [5.74, 6) is 0.166. The largest absolute Gasteiger partial charge is 0.398 e. The summed E-state index contributed by atoms with van der Waals surface area (Å²) in [5.41, 5.74) is 7.40. The quantitative estimate of drug-likeness (QED) is 0.729. The molecular formula is C14H9ClFN3O. The zero-order valence-corrected chi connectivity index (χ0v) is 10.9. The van der Waals surface area contributed by atoms with Gasteiger partial charge in [-0.25, -0.2) is 4.39 Å². The molecule has 0 unspecified atom stereocenters. The lowest BCUT2D eigenvalue weighted by Crippen LogP contribution is -1.90. The summed E-state index contributed by atoms with van der Waals surface area (Å²) < 4.78 is 18.3. The van der Waals surface area contributed by atoms with Crippen molar-refractivity contribution in [3.05, 3.63) is 53.3 Å². The van der Waals surface area contributed by atoms with E-state index in [1.807, 2.05) is 0 Å². The van der Waals surface area contributed by atoms with Gasteiger partial charge in [-0.2, -0.15) is 4.98 Å². The van der Waals surface area contributed by atoms with Crippen LogP contribution in [-0.2, 0) is 0 Å². The molecule has 0 amide bonds. The highest BCUT2D eigenvalue weighted by atomic mass is 35.5. The fraction of sp³-hybridized carbons (Fsp3) is 0. The summed E-state index contributed by atoms with van der Waals surface area (Å²) in [5, 5.41) is 4.34. The van der Waals surface area contributed by atoms with Gasteiger partial charge in [-0.05, 0) is 30.3 Å². The van der Waals surface area contributed by atoms with Crippen molar-refractivity contribution in [1.82, 2.24) is 10.1 Å². The smallest absolute Gasteiger partial charge is 0.260 e. The molecule has 4 nitrogen and oxygen atoms in total. The second-order valence-electron chi connectivity index (χ2n) is 4.17. The van der Waals surface area contributed by atoms with Crippen molar-refractivity contribution in [2.75, 3.05) is 5.73 Å². The molecule has 1 heterocycles. The number of aromatic nitrogens is 2. The Hall–Kier alpha value is -2.40. The maximum absolute atomic E-state index is 13.2. The van der Waals surface area contributed by atoms with Gasteiger partial charge in [-0.15, -0.1) is 0 Å². The van der Waals surface area contributed by atoms with E-state index in [-0.39, 0.29) is 11.7 Å². The standard InChI is InChI=1S/C14H9ClFN3O/c15-9-4-5-12(17)11(7-9)14-18-13(19-20-14)8-2-1-3-10(16)6-8/h1-7H,17H2. The van der Waals surface area contributed by atoms with Crippen molar-refractivity contribution >= 4 is 17.3 Å². The van der Waals surface area contributed by atoms with Gasteiger partial charge in [0.05, 0.1) is 5.56 Å². The Morgan fingerprint density at radius 2 is 2.00 bits per heavy atom. The summed E-state index contributed by atoms with van der Waals surface area (Å²) >= 11 is 5.92. The lowest BCUT2D eigenvalue weighted by Gasteiger charge is -2.00. The number of nitrogens with zero attached hydrogens (tertiary/aromatic N) is 2. The molecule has 6 heteroatoms. The number of hydrogen-bond acceptors (Lipinski definition) is 4. The zero-order valence-electron chi connectivity index (χ0n) is 10.2. The first-order chi connectivity index (χ1) is 9.63. The first kappa shape index (κ1) is 12.6. The molecule has 0 saturated heterocycles. The summed E-state index contributed by atoms with van der Waals surface area (Å²) in [6.07, 6.45) is 0. The number of benzene rings is 2. The van der Waals surface area contributed by atoms with E-state index < -0.39 is 0 Å². The van der Waals surface area contributed by atoms with Crippen LogP contribution in [0.3, 0.4) is 0 Å². The van der Waals surface area contributed by atoms with Crippen LogP contribution in [0.25, 0.3) is 22.8 Å². The molecule has 0 spiro atoms. The summed E-state index contributed by atoms with van der Waals surface area (Å²) in [4.78, 5) is 4.21. The number of halogens is 2. The molecule has 0 fully saturated rings. The number of nitrogens with two attached hydrogens (primary N) is 1. The predicted molar refractivity (Wildman–Crippen MR) is 74.6 cm³/mol. The lowest BCUT2D eigenvalue weighted by atomic mass is 10.2. The van der Waals surface area contributed by atoms with Crippen LogP contribution in [0, 0.1) is 5.82 Å². The molecule has 2 N–H and O–H groups in total. The van der Waals surface area contributed by atoms with Crippen molar-refractivity contribution in [2.24, 2.45) is 0 Å². The highest BCUT2D eigenvalue weighted by Gasteiger charge is 2.13. The third-order valence-electron chi connectivity index (χ3n) is 2.75. The third kappa shape index (κ3) is 2.35. The van der Waals surface area contributed by atoms with E-state index in [4.69, 9.17) is 21.9 Å². The summed E-state index contributed by atoms with van der Waals surface area (Å²) in [6.45, 7) is 0. The highest BCUT2D eigenvalue weighted by molar-refractivity contribution is 6.31. The van der Waals surface area contributed by atoms with E-state index in [1.165, 1.54) is 12.1 Å². The monoisotopic (exact) mass is 289 g/mol. The van der Waals surface area contributed by atoms with Crippen molar-refractivity contribution < 1.29 is 8.91 Å². The second kappa shape index (κ2) is 4.94. The first-order valence-electron chi connectivity index (χ1n) is 5.78. The van der Waals surface area contributed by atoms with Crippen LogP contribution >= 0.6 is 11.6 Å². The Balaban J connectivity index is 2.04. The first-order valence-corrected chi connectivity index (χ1v) is 6.16. The van der Waals surface area contributed by atoms with Gasteiger partial charge >= 0.3 is 0 Å². The molecule has 100 valence electrons. The molecule has 0 saturated carbocycles. The van der Waals surface area contributed by atoms with Gasteiger partial charge in [0.2, 0.25) is 5.82 Å². The fourth-order valence-electron chi connectivity index (χ4n) is 1.79. The van der Waals surface area contributed by atoms with E-state index in [0.29, 0.717) is 27.7 Å². The molecule has 1 aromatic heterocycles. The predicted octanol–water partition coefficient (Wildman–Crippen LogP) is 3.78. The molecular weight excluding hydrogens is 281 g/mol. The van der Waals surface area contributed by atoms with Crippen LogP contribution in [0.5, 0.6) is 0 Å². The van der Waals surface area contributed by atoms with Crippen molar-refractivity contribution in [3.8, 4) is 22.8 Å². The van der Waals surface area contributed by atoms with Crippen LogP contribution in [-0.4, -0.2) is 10.1 Å². The number of nitrogen functional groups attached to an aromatic ring is 1. The Labute approximate surface area is 119 Å². The summed E-state index contributed by atoms with van der Waals surface area (Å²) in [6, 6.07) is 10.9. The van der Waals surface area contributed by atoms with E-state index in [1.54, 1.807) is 30.3 Å². The zero-order chi connectivity index (χ0) is 14.1. The molecule has 3 aromatic rings. The van der Waals surface area contributed by atoms with Gasteiger partial charge in [0.25, 0.3) is 5.89 Å². The van der Waals surface area contributed by atoms with Gasteiger partial charge in [0.1, 0.15) is 5.82 Å². The van der Waals surface area contributed by atoms with E-state index >= 15 is 0 Å². The minimum atomic E-state index is -0.365. The number of anilines is 1. The second-order valence-corrected chi connectivity index (χ2v) is 4.60.